The summed E-state index contributed by atoms with van der Waals surface area (Å²) >= 11 is 0. The second kappa shape index (κ2) is 6.88. The zero-order valence-corrected chi connectivity index (χ0v) is 13.3. The molecule has 0 saturated heterocycles. The first-order valence-electron chi connectivity index (χ1n) is 6.58. The van der Waals surface area contributed by atoms with Gasteiger partial charge in [0, 0.05) is 25.7 Å². The van der Waals surface area contributed by atoms with Crippen LogP contribution in [-0.4, -0.2) is 36.9 Å². The van der Waals surface area contributed by atoms with Crippen molar-refractivity contribution in [2.24, 2.45) is 5.10 Å². The third-order valence-electron chi connectivity index (χ3n) is 2.45. The highest BCUT2D eigenvalue weighted by molar-refractivity contribution is 5.84. The van der Waals surface area contributed by atoms with Crippen LogP contribution in [-0.2, 0) is 4.74 Å². The number of nitrogens with zero attached hydrogens (tertiary/aromatic N) is 3. The summed E-state index contributed by atoms with van der Waals surface area (Å²) in [4.78, 5) is 23.7. The average Bonchev–Trinajstić information content (AvgIpc) is 2.36. The van der Waals surface area contributed by atoms with Gasteiger partial charge >= 0.3 is 6.09 Å². The van der Waals surface area contributed by atoms with Crippen molar-refractivity contribution in [3.63, 3.8) is 0 Å². The van der Waals surface area contributed by atoms with Gasteiger partial charge in [-0.3, -0.25) is 10.1 Å². The number of carbonyl (C=O) groups is 1. The number of hydrazone groups is 1. The van der Waals surface area contributed by atoms with E-state index in [4.69, 9.17) is 4.74 Å². The highest BCUT2D eigenvalue weighted by atomic mass is 16.6. The van der Waals surface area contributed by atoms with Crippen LogP contribution in [0.1, 0.15) is 26.3 Å². The van der Waals surface area contributed by atoms with Crippen molar-refractivity contribution >= 4 is 23.7 Å². The molecule has 1 amide bonds. The quantitative estimate of drug-likeness (QED) is 0.523. The Morgan fingerprint density at radius 2 is 2.05 bits per heavy atom. The van der Waals surface area contributed by atoms with Gasteiger partial charge in [0.05, 0.1) is 11.1 Å². The number of nitro benzene ring substituents is 1. The van der Waals surface area contributed by atoms with Crippen LogP contribution in [0.4, 0.5) is 16.2 Å². The van der Waals surface area contributed by atoms with Gasteiger partial charge in [-0.15, -0.1) is 0 Å². The van der Waals surface area contributed by atoms with E-state index in [0.29, 0.717) is 11.3 Å². The van der Waals surface area contributed by atoms with Crippen LogP contribution in [0.2, 0.25) is 0 Å². The van der Waals surface area contributed by atoms with E-state index in [1.54, 1.807) is 51.9 Å². The molecule has 1 N–H and O–H groups in total. The van der Waals surface area contributed by atoms with E-state index < -0.39 is 16.6 Å². The number of hydrogen-bond acceptors (Lipinski definition) is 6. The second-order valence-corrected chi connectivity index (χ2v) is 5.77. The van der Waals surface area contributed by atoms with Crippen molar-refractivity contribution in [2.45, 2.75) is 26.4 Å². The Balaban J connectivity index is 2.82. The molecular weight excluding hydrogens is 288 g/mol. The molecule has 0 aliphatic carbocycles. The standard InChI is InChI=1S/C14H20N4O4/c1-14(2,3)22-13(19)16-15-9-10-6-7-11(17(4)5)12(8-10)18(20)21/h6-9H,1-5H3,(H,16,19)/b15-9-. The first-order valence-corrected chi connectivity index (χ1v) is 6.58. The summed E-state index contributed by atoms with van der Waals surface area (Å²) in [5.74, 6) is 0. The van der Waals surface area contributed by atoms with Crippen LogP contribution in [0.25, 0.3) is 0 Å². The second-order valence-electron chi connectivity index (χ2n) is 5.77. The molecule has 1 aromatic rings. The lowest BCUT2D eigenvalue weighted by Gasteiger charge is -2.18. The normalized spacial score (nSPS) is 11.3. The number of nitrogens with one attached hydrogen (secondary N) is 1. The lowest BCUT2D eigenvalue weighted by molar-refractivity contribution is -0.384. The van der Waals surface area contributed by atoms with E-state index in [1.165, 1.54) is 12.3 Å². The number of amides is 1. The lowest BCUT2D eigenvalue weighted by Crippen LogP contribution is -2.29. The third-order valence-corrected chi connectivity index (χ3v) is 2.45. The monoisotopic (exact) mass is 308 g/mol. The number of anilines is 1. The van der Waals surface area contributed by atoms with Crippen LogP contribution in [0.5, 0.6) is 0 Å². The Labute approximate surface area is 128 Å². The summed E-state index contributed by atoms with van der Waals surface area (Å²) in [6, 6.07) is 4.67. The highest BCUT2D eigenvalue weighted by Crippen LogP contribution is 2.27. The highest BCUT2D eigenvalue weighted by Gasteiger charge is 2.16. The molecule has 0 saturated carbocycles. The summed E-state index contributed by atoms with van der Waals surface area (Å²) < 4.78 is 5.01. The van der Waals surface area contributed by atoms with Crippen molar-refractivity contribution in [2.75, 3.05) is 19.0 Å². The molecule has 8 heteroatoms. The zero-order valence-electron chi connectivity index (χ0n) is 13.3. The van der Waals surface area contributed by atoms with Gasteiger partial charge in [0.25, 0.3) is 5.69 Å². The minimum absolute atomic E-state index is 0.0359. The topological polar surface area (TPSA) is 97.1 Å². The minimum atomic E-state index is -0.692. The van der Waals surface area contributed by atoms with Gasteiger partial charge in [-0.25, -0.2) is 10.2 Å². The number of carbonyl (C=O) groups excluding carboxylic acids is 1. The van der Waals surface area contributed by atoms with E-state index in [-0.39, 0.29) is 5.69 Å². The molecule has 0 aliphatic rings. The fraction of sp³-hybridized carbons (Fsp3) is 0.429. The molecule has 0 bridgehead atoms. The Morgan fingerprint density at radius 1 is 1.41 bits per heavy atom. The summed E-state index contributed by atoms with van der Waals surface area (Å²) in [7, 11) is 3.44. The van der Waals surface area contributed by atoms with Crippen LogP contribution in [0, 0.1) is 10.1 Å². The predicted molar refractivity (Wildman–Crippen MR) is 84.4 cm³/mol. The molecule has 22 heavy (non-hydrogen) atoms. The summed E-state index contributed by atoms with van der Waals surface area (Å²) in [5.41, 5.74) is 2.53. The largest absolute Gasteiger partial charge is 0.443 e. The Hall–Kier alpha value is -2.64. The van der Waals surface area contributed by atoms with Crippen LogP contribution in [0.15, 0.2) is 23.3 Å². The maximum atomic E-state index is 11.4. The van der Waals surface area contributed by atoms with E-state index in [9.17, 15) is 14.9 Å². The molecule has 1 aromatic carbocycles. The van der Waals surface area contributed by atoms with E-state index in [0.717, 1.165) is 0 Å². The molecule has 120 valence electrons. The Bertz CT molecular complexity index is 591. The molecule has 0 atom stereocenters. The summed E-state index contributed by atoms with van der Waals surface area (Å²) in [6.07, 6.45) is 0.624. The number of ether oxygens (including phenoxy) is 1. The Morgan fingerprint density at radius 3 is 2.55 bits per heavy atom. The molecule has 0 aliphatic heterocycles. The number of hydrogen-bond donors (Lipinski definition) is 1. The van der Waals surface area contributed by atoms with Crippen molar-refractivity contribution in [1.29, 1.82) is 0 Å². The van der Waals surface area contributed by atoms with Gasteiger partial charge in [0.2, 0.25) is 0 Å². The number of benzene rings is 1. The van der Waals surface area contributed by atoms with Crippen molar-refractivity contribution < 1.29 is 14.5 Å². The minimum Gasteiger partial charge on any atom is -0.443 e. The van der Waals surface area contributed by atoms with E-state index in [1.807, 2.05) is 0 Å². The SMILES string of the molecule is CN(C)c1ccc(/C=N\NC(=O)OC(C)(C)C)cc1[N+](=O)[O-]. The molecule has 0 fully saturated rings. The molecule has 0 unspecified atom stereocenters. The summed E-state index contributed by atoms with van der Waals surface area (Å²) in [5, 5.41) is 14.8. The maximum Gasteiger partial charge on any atom is 0.428 e. The molecule has 8 nitrogen and oxygen atoms in total. The summed E-state index contributed by atoms with van der Waals surface area (Å²) in [6.45, 7) is 5.21. The van der Waals surface area contributed by atoms with Crippen LogP contribution in [0.3, 0.4) is 0 Å². The fourth-order valence-corrected chi connectivity index (χ4v) is 1.61. The zero-order chi connectivity index (χ0) is 16.9. The molecule has 0 spiro atoms. The van der Waals surface area contributed by atoms with Gasteiger partial charge in [-0.1, -0.05) is 6.07 Å². The van der Waals surface area contributed by atoms with E-state index in [2.05, 4.69) is 10.5 Å². The predicted octanol–water partition coefficient (Wildman–Crippen LogP) is 2.52. The van der Waals surface area contributed by atoms with E-state index >= 15 is 0 Å². The number of nitro groups is 1. The van der Waals surface area contributed by atoms with Crippen molar-refractivity contribution in [1.82, 2.24) is 5.43 Å². The smallest absolute Gasteiger partial charge is 0.428 e. The van der Waals surface area contributed by atoms with Crippen LogP contribution < -0.4 is 10.3 Å². The van der Waals surface area contributed by atoms with Gasteiger partial charge in [-0.05, 0) is 26.8 Å². The van der Waals surface area contributed by atoms with Crippen molar-refractivity contribution in [3.8, 4) is 0 Å². The first kappa shape index (κ1) is 17.4. The van der Waals surface area contributed by atoms with Gasteiger partial charge in [0.15, 0.2) is 0 Å². The van der Waals surface area contributed by atoms with Gasteiger partial charge in [-0.2, -0.15) is 5.10 Å². The molecule has 1 rings (SSSR count). The fourth-order valence-electron chi connectivity index (χ4n) is 1.61. The molecule has 0 radical (unpaired) electrons. The van der Waals surface area contributed by atoms with Crippen LogP contribution >= 0.6 is 0 Å². The molecular formula is C14H20N4O4. The third kappa shape index (κ3) is 5.39. The van der Waals surface area contributed by atoms with Gasteiger partial charge < -0.3 is 9.64 Å². The first-order chi connectivity index (χ1) is 10.1. The van der Waals surface area contributed by atoms with Gasteiger partial charge in [0.1, 0.15) is 11.3 Å². The van der Waals surface area contributed by atoms with Crippen molar-refractivity contribution in [3.05, 3.63) is 33.9 Å². The maximum absolute atomic E-state index is 11.4. The number of rotatable bonds is 4. The Kier molecular flexibility index (Phi) is 5.44. The molecule has 0 aromatic heterocycles. The average molecular weight is 308 g/mol. The lowest BCUT2D eigenvalue weighted by atomic mass is 10.2. The molecule has 0 heterocycles.